The standard InChI is InChI=1S/C17H16ClNO3S2/c18-12-3-6-15(20)14(9-12)19-16(21)10-22-13-4-1-11(2-5-13)17-23-7-8-24-17/h1-6,9,17,20H,7-8,10H2,(H,19,21). The van der Waals surface area contributed by atoms with Gasteiger partial charge in [0.15, 0.2) is 6.61 Å². The minimum absolute atomic E-state index is 0.0383. The van der Waals surface area contributed by atoms with Gasteiger partial charge in [0.05, 0.1) is 10.3 Å². The van der Waals surface area contributed by atoms with Crippen molar-refractivity contribution in [2.75, 3.05) is 23.4 Å². The van der Waals surface area contributed by atoms with Crippen LogP contribution in [0.25, 0.3) is 0 Å². The fourth-order valence-corrected chi connectivity index (χ4v) is 5.25. The van der Waals surface area contributed by atoms with Gasteiger partial charge in [-0.05, 0) is 35.9 Å². The van der Waals surface area contributed by atoms with Gasteiger partial charge in [-0.25, -0.2) is 0 Å². The van der Waals surface area contributed by atoms with Crippen molar-refractivity contribution < 1.29 is 14.6 Å². The van der Waals surface area contributed by atoms with Crippen molar-refractivity contribution in [2.24, 2.45) is 0 Å². The molecule has 0 atom stereocenters. The summed E-state index contributed by atoms with van der Waals surface area (Å²) >= 11 is 9.74. The molecule has 0 aliphatic carbocycles. The van der Waals surface area contributed by atoms with Crippen LogP contribution in [0.2, 0.25) is 5.02 Å². The van der Waals surface area contributed by atoms with Gasteiger partial charge in [0, 0.05) is 16.5 Å². The van der Waals surface area contributed by atoms with E-state index in [2.05, 4.69) is 5.32 Å². The lowest BCUT2D eigenvalue weighted by Crippen LogP contribution is -2.20. The van der Waals surface area contributed by atoms with E-state index in [9.17, 15) is 9.90 Å². The van der Waals surface area contributed by atoms with E-state index in [0.29, 0.717) is 15.4 Å². The molecule has 1 heterocycles. The molecule has 2 N–H and O–H groups in total. The zero-order chi connectivity index (χ0) is 16.9. The third-order valence-corrected chi connectivity index (χ3v) is 6.72. The number of phenols is 1. The minimum atomic E-state index is -0.362. The van der Waals surface area contributed by atoms with Crippen LogP contribution in [-0.2, 0) is 4.79 Å². The number of halogens is 1. The number of anilines is 1. The number of thioether (sulfide) groups is 2. The maximum absolute atomic E-state index is 11.9. The largest absolute Gasteiger partial charge is 0.506 e. The van der Waals surface area contributed by atoms with Crippen LogP contribution < -0.4 is 10.1 Å². The van der Waals surface area contributed by atoms with Crippen LogP contribution in [0.4, 0.5) is 5.69 Å². The monoisotopic (exact) mass is 381 g/mol. The second kappa shape index (κ2) is 8.05. The molecule has 0 aromatic heterocycles. The first-order valence-electron chi connectivity index (χ1n) is 7.36. The van der Waals surface area contributed by atoms with E-state index in [1.807, 2.05) is 47.8 Å². The minimum Gasteiger partial charge on any atom is -0.506 e. The fraction of sp³-hybridized carbons (Fsp3) is 0.235. The lowest BCUT2D eigenvalue weighted by atomic mass is 10.2. The molecule has 0 unspecified atom stereocenters. The first kappa shape index (κ1) is 17.3. The molecule has 0 saturated carbocycles. The third-order valence-electron chi connectivity index (χ3n) is 3.38. The summed E-state index contributed by atoms with van der Waals surface area (Å²) in [6.07, 6.45) is 0. The Morgan fingerprint density at radius 1 is 1.21 bits per heavy atom. The molecule has 1 fully saturated rings. The number of phenolic OH excluding ortho intramolecular Hbond substituents is 1. The predicted octanol–water partition coefficient (Wildman–Crippen LogP) is 4.54. The number of carbonyl (C=O) groups is 1. The van der Waals surface area contributed by atoms with Gasteiger partial charge in [-0.15, -0.1) is 23.5 Å². The van der Waals surface area contributed by atoms with Crippen molar-refractivity contribution in [1.29, 1.82) is 0 Å². The molecule has 1 saturated heterocycles. The molecule has 0 bridgehead atoms. The van der Waals surface area contributed by atoms with Crippen molar-refractivity contribution in [3.05, 3.63) is 53.1 Å². The normalized spacial score (nSPS) is 14.5. The van der Waals surface area contributed by atoms with Gasteiger partial charge in [0.25, 0.3) is 5.91 Å². The molecule has 0 spiro atoms. The van der Waals surface area contributed by atoms with Gasteiger partial charge in [0.2, 0.25) is 0 Å². The SMILES string of the molecule is O=C(COc1ccc(C2SCCS2)cc1)Nc1cc(Cl)ccc1O. The molecule has 7 heteroatoms. The highest BCUT2D eigenvalue weighted by Crippen LogP contribution is 2.45. The van der Waals surface area contributed by atoms with E-state index in [1.54, 1.807) is 6.07 Å². The quantitative estimate of drug-likeness (QED) is 0.744. The number of ether oxygens (including phenoxy) is 1. The van der Waals surface area contributed by atoms with E-state index in [1.165, 1.54) is 29.2 Å². The molecule has 4 nitrogen and oxygen atoms in total. The number of aromatic hydroxyl groups is 1. The zero-order valence-corrected chi connectivity index (χ0v) is 15.1. The van der Waals surface area contributed by atoms with Crippen LogP contribution in [0.3, 0.4) is 0 Å². The third kappa shape index (κ3) is 4.53. The fourth-order valence-electron chi connectivity index (χ4n) is 2.22. The van der Waals surface area contributed by atoms with E-state index < -0.39 is 0 Å². The maximum Gasteiger partial charge on any atom is 0.262 e. The number of benzene rings is 2. The topological polar surface area (TPSA) is 58.6 Å². The number of nitrogens with one attached hydrogen (secondary N) is 1. The molecule has 1 aliphatic heterocycles. The molecular formula is C17H16ClNO3S2. The van der Waals surface area contributed by atoms with Gasteiger partial charge >= 0.3 is 0 Å². The lowest BCUT2D eigenvalue weighted by molar-refractivity contribution is -0.118. The Labute approximate surface area is 153 Å². The summed E-state index contributed by atoms with van der Waals surface area (Å²) in [6.45, 7) is -0.141. The molecule has 1 aliphatic rings. The van der Waals surface area contributed by atoms with Gasteiger partial charge in [-0.2, -0.15) is 0 Å². The highest BCUT2D eigenvalue weighted by atomic mass is 35.5. The van der Waals surface area contributed by atoms with E-state index in [4.69, 9.17) is 16.3 Å². The summed E-state index contributed by atoms with van der Waals surface area (Å²) in [5, 5.41) is 12.7. The van der Waals surface area contributed by atoms with Crippen molar-refractivity contribution in [3.63, 3.8) is 0 Å². The summed E-state index contributed by atoms with van der Waals surface area (Å²) < 4.78 is 5.98. The molecular weight excluding hydrogens is 366 g/mol. The number of rotatable bonds is 5. The number of hydrogen-bond donors (Lipinski definition) is 2. The average molecular weight is 382 g/mol. The highest BCUT2D eigenvalue weighted by Gasteiger charge is 2.18. The van der Waals surface area contributed by atoms with Crippen LogP contribution in [-0.4, -0.2) is 29.1 Å². The van der Waals surface area contributed by atoms with E-state index in [-0.39, 0.29) is 24.0 Å². The van der Waals surface area contributed by atoms with Gasteiger partial charge in [-0.1, -0.05) is 23.7 Å². The van der Waals surface area contributed by atoms with Crippen LogP contribution in [0.5, 0.6) is 11.5 Å². The summed E-state index contributed by atoms with van der Waals surface area (Å²) in [4.78, 5) is 11.9. The van der Waals surface area contributed by atoms with Crippen molar-refractivity contribution in [3.8, 4) is 11.5 Å². The Balaban J connectivity index is 1.53. The summed E-state index contributed by atoms with van der Waals surface area (Å²) in [6, 6.07) is 12.3. The Morgan fingerprint density at radius 2 is 1.92 bits per heavy atom. The number of carbonyl (C=O) groups excluding carboxylic acids is 1. The molecule has 2 aromatic carbocycles. The average Bonchev–Trinajstić information content (AvgIpc) is 3.11. The molecule has 126 valence electrons. The zero-order valence-electron chi connectivity index (χ0n) is 12.7. The summed E-state index contributed by atoms with van der Waals surface area (Å²) in [7, 11) is 0. The smallest absolute Gasteiger partial charge is 0.262 e. The lowest BCUT2D eigenvalue weighted by Gasteiger charge is -2.11. The second-order valence-corrected chi connectivity index (χ2v) is 8.30. The Kier molecular flexibility index (Phi) is 5.81. The van der Waals surface area contributed by atoms with Gasteiger partial charge in [0.1, 0.15) is 11.5 Å². The van der Waals surface area contributed by atoms with Crippen molar-refractivity contribution >= 4 is 46.7 Å². The Bertz CT molecular complexity index is 718. The summed E-state index contributed by atoms with van der Waals surface area (Å²) in [5.74, 6) is 2.60. The maximum atomic E-state index is 11.9. The Morgan fingerprint density at radius 3 is 2.62 bits per heavy atom. The molecule has 2 aromatic rings. The van der Waals surface area contributed by atoms with Crippen LogP contribution in [0.1, 0.15) is 10.1 Å². The second-order valence-electron chi connectivity index (χ2n) is 5.14. The number of hydrogen-bond acceptors (Lipinski definition) is 5. The molecule has 24 heavy (non-hydrogen) atoms. The van der Waals surface area contributed by atoms with Gasteiger partial charge in [-0.3, -0.25) is 4.79 Å². The van der Waals surface area contributed by atoms with Crippen LogP contribution in [0.15, 0.2) is 42.5 Å². The molecule has 1 amide bonds. The van der Waals surface area contributed by atoms with Crippen molar-refractivity contribution in [2.45, 2.75) is 4.58 Å². The van der Waals surface area contributed by atoms with Crippen LogP contribution in [0, 0.1) is 0 Å². The first-order valence-corrected chi connectivity index (χ1v) is 9.84. The molecule has 3 rings (SSSR count). The number of amides is 1. The predicted molar refractivity (Wildman–Crippen MR) is 101 cm³/mol. The van der Waals surface area contributed by atoms with Crippen molar-refractivity contribution in [1.82, 2.24) is 0 Å². The highest BCUT2D eigenvalue weighted by molar-refractivity contribution is 8.19. The van der Waals surface area contributed by atoms with Crippen LogP contribution >= 0.6 is 35.1 Å². The van der Waals surface area contributed by atoms with E-state index >= 15 is 0 Å². The Hall–Kier alpha value is -1.50. The first-order chi connectivity index (χ1) is 11.6. The van der Waals surface area contributed by atoms with E-state index in [0.717, 1.165) is 0 Å². The van der Waals surface area contributed by atoms with Gasteiger partial charge < -0.3 is 15.2 Å². The summed E-state index contributed by atoms with van der Waals surface area (Å²) in [5.41, 5.74) is 1.53. The molecule has 0 radical (unpaired) electrons.